The van der Waals surface area contributed by atoms with Gasteiger partial charge in [-0.2, -0.15) is 5.10 Å². The molecule has 1 N–H and O–H groups in total. The van der Waals surface area contributed by atoms with Gasteiger partial charge in [-0.1, -0.05) is 46.8 Å². The minimum Gasteiger partial charge on any atom is -0.321 e. The van der Waals surface area contributed by atoms with Crippen molar-refractivity contribution in [1.29, 1.82) is 0 Å². The fourth-order valence-corrected chi connectivity index (χ4v) is 5.15. The second-order valence-electron chi connectivity index (χ2n) is 8.89. The summed E-state index contributed by atoms with van der Waals surface area (Å²) >= 11 is 0. The van der Waals surface area contributed by atoms with E-state index >= 15 is 0 Å². The van der Waals surface area contributed by atoms with E-state index in [0.717, 1.165) is 5.69 Å². The normalized spacial score (nSPS) is 19.1. The molecule has 1 amide bonds. The van der Waals surface area contributed by atoms with Crippen molar-refractivity contribution in [2.45, 2.75) is 58.4 Å². The highest BCUT2D eigenvalue weighted by Crippen LogP contribution is 2.28. The van der Waals surface area contributed by atoms with E-state index < -0.39 is 9.84 Å². The maximum Gasteiger partial charge on any atom is 0.276 e. The number of aromatic nitrogens is 2. The molecule has 0 saturated carbocycles. The van der Waals surface area contributed by atoms with Crippen LogP contribution in [0.3, 0.4) is 0 Å². The van der Waals surface area contributed by atoms with Crippen LogP contribution in [0, 0.1) is 0 Å². The van der Waals surface area contributed by atoms with Crippen LogP contribution in [0.25, 0.3) is 0 Å². The molecule has 1 aliphatic rings. The molecule has 0 spiro atoms. The zero-order chi connectivity index (χ0) is 20.7. The molecular weight excluding hydrogens is 374 g/mol. The van der Waals surface area contributed by atoms with E-state index in [2.05, 4.69) is 31.2 Å². The maximum atomic E-state index is 12.7. The van der Waals surface area contributed by atoms with Crippen molar-refractivity contribution in [3.8, 4) is 0 Å². The van der Waals surface area contributed by atoms with Crippen LogP contribution in [0.5, 0.6) is 0 Å². The van der Waals surface area contributed by atoms with Gasteiger partial charge in [0.25, 0.3) is 5.91 Å². The van der Waals surface area contributed by atoms with Crippen molar-refractivity contribution < 1.29 is 13.2 Å². The molecule has 1 aromatic carbocycles. The molecule has 1 unspecified atom stereocenters. The van der Waals surface area contributed by atoms with Crippen LogP contribution in [0.15, 0.2) is 30.3 Å². The molecule has 2 aromatic rings. The fourth-order valence-electron chi connectivity index (χ4n) is 3.46. The molecular formula is C21H29N3O3S. The number of anilines is 1. The van der Waals surface area contributed by atoms with Crippen LogP contribution in [-0.2, 0) is 15.3 Å². The monoisotopic (exact) mass is 403 g/mol. The standard InChI is InChI=1S/C21H29N3O3S/c1-14(2)19-12-18(23-24(19)17-10-11-28(26,27)13-17)20(25)22-16-8-6-15(7-9-16)21(3,4)5/h6-9,12,14,17H,10-11,13H2,1-5H3,(H,22,25). The number of carbonyl (C=O) groups excluding carboxylic acids is 1. The van der Waals surface area contributed by atoms with Gasteiger partial charge in [0.2, 0.25) is 0 Å². The lowest BCUT2D eigenvalue weighted by atomic mass is 9.87. The SMILES string of the molecule is CC(C)c1cc(C(=O)Nc2ccc(C(C)(C)C)cc2)nn1C1CCS(=O)(=O)C1. The predicted octanol–water partition coefficient (Wildman–Crippen LogP) is 3.92. The van der Waals surface area contributed by atoms with Crippen molar-refractivity contribution in [3.05, 3.63) is 47.3 Å². The van der Waals surface area contributed by atoms with Crippen molar-refractivity contribution >= 4 is 21.4 Å². The Labute approximate surface area is 167 Å². The summed E-state index contributed by atoms with van der Waals surface area (Å²) in [4.78, 5) is 12.7. The Bertz CT molecular complexity index is 967. The molecule has 6 nitrogen and oxygen atoms in total. The number of nitrogens with zero attached hydrogens (tertiary/aromatic N) is 2. The Morgan fingerprint density at radius 2 is 1.86 bits per heavy atom. The Morgan fingerprint density at radius 1 is 1.21 bits per heavy atom. The van der Waals surface area contributed by atoms with Gasteiger partial charge in [0.15, 0.2) is 15.5 Å². The predicted molar refractivity (Wildman–Crippen MR) is 112 cm³/mol. The number of amides is 1. The summed E-state index contributed by atoms with van der Waals surface area (Å²) in [5.41, 5.74) is 3.15. The zero-order valence-electron chi connectivity index (χ0n) is 17.2. The summed E-state index contributed by atoms with van der Waals surface area (Å²) in [6.07, 6.45) is 0.541. The number of carbonyl (C=O) groups is 1. The molecule has 1 aliphatic heterocycles. The first-order valence-corrected chi connectivity index (χ1v) is 11.5. The molecule has 3 rings (SSSR count). The molecule has 152 valence electrons. The van der Waals surface area contributed by atoms with Crippen LogP contribution >= 0.6 is 0 Å². The topological polar surface area (TPSA) is 81.1 Å². The number of benzene rings is 1. The third kappa shape index (κ3) is 4.46. The summed E-state index contributed by atoms with van der Waals surface area (Å²) in [6.45, 7) is 10.5. The van der Waals surface area contributed by atoms with E-state index in [1.807, 2.05) is 38.1 Å². The highest BCUT2D eigenvalue weighted by molar-refractivity contribution is 7.91. The average molecular weight is 404 g/mol. The molecule has 1 saturated heterocycles. The summed E-state index contributed by atoms with van der Waals surface area (Å²) in [7, 11) is -3.02. The molecule has 0 radical (unpaired) electrons. The van der Waals surface area contributed by atoms with Gasteiger partial charge in [-0.25, -0.2) is 8.42 Å². The first-order chi connectivity index (χ1) is 13.0. The van der Waals surface area contributed by atoms with Crippen LogP contribution in [0.4, 0.5) is 5.69 Å². The Kier molecular flexibility index (Phi) is 5.40. The molecule has 1 aromatic heterocycles. The highest BCUT2D eigenvalue weighted by Gasteiger charge is 2.32. The molecule has 0 aliphatic carbocycles. The molecule has 1 fully saturated rings. The van der Waals surface area contributed by atoms with E-state index in [1.54, 1.807) is 10.7 Å². The van der Waals surface area contributed by atoms with E-state index in [9.17, 15) is 13.2 Å². The number of hydrogen-bond donors (Lipinski definition) is 1. The van der Waals surface area contributed by atoms with Gasteiger partial charge in [-0.05, 0) is 41.5 Å². The van der Waals surface area contributed by atoms with Gasteiger partial charge in [-0.3, -0.25) is 9.48 Å². The minimum atomic E-state index is -3.02. The minimum absolute atomic E-state index is 0.0507. The van der Waals surface area contributed by atoms with Crippen LogP contribution in [-0.4, -0.2) is 35.6 Å². The van der Waals surface area contributed by atoms with Crippen molar-refractivity contribution in [2.24, 2.45) is 0 Å². The Balaban J connectivity index is 1.81. The van der Waals surface area contributed by atoms with Gasteiger partial charge in [0.05, 0.1) is 17.5 Å². The summed E-state index contributed by atoms with van der Waals surface area (Å²) in [5, 5.41) is 7.36. The largest absolute Gasteiger partial charge is 0.321 e. The molecule has 0 bridgehead atoms. The lowest BCUT2D eigenvalue weighted by Crippen LogP contribution is -2.17. The second kappa shape index (κ2) is 7.35. The summed E-state index contributed by atoms with van der Waals surface area (Å²) in [6, 6.07) is 9.38. The first kappa shape index (κ1) is 20.6. The van der Waals surface area contributed by atoms with E-state index in [0.29, 0.717) is 17.8 Å². The van der Waals surface area contributed by atoms with Gasteiger partial charge in [0.1, 0.15) is 0 Å². The van der Waals surface area contributed by atoms with Crippen molar-refractivity contribution in [3.63, 3.8) is 0 Å². The van der Waals surface area contributed by atoms with Crippen molar-refractivity contribution in [1.82, 2.24) is 9.78 Å². The zero-order valence-corrected chi connectivity index (χ0v) is 18.0. The third-order valence-corrected chi connectivity index (χ3v) is 6.90. The molecule has 2 heterocycles. The lowest BCUT2D eigenvalue weighted by Gasteiger charge is -2.19. The van der Waals surface area contributed by atoms with Gasteiger partial charge >= 0.3 is 0 Å². The average Bonchev–Trinajstić information content (AvgIpc) is 3.18. The highest BCUT2D eigenvalue weighted by atomic mass is 32.2. The van der Waals surface area contributed by atoms with Crippen LogP contribution in [0.2, 0.25) is 0 Å². The number of sulfone groups is 1. The fraction of sp³-hybridized carbons (Fsp3) is 0.524. The Morgan fingerprint density at radius 3 is 2.36 bits per heavy atom. The first-order valence-electron chi connectivity index (χ1n) is 9.68. The van der Waals surface area contributed by atoms with Gasteiger partial charge in [0, 0.05) is 11.4 Å². The van der Waals surface area contributed by atoms with Crippen LogP contribution in [0.1, 0.15) is 74.7 Å². The van der Waals surface area contributed by atoms with Gasteiger partial charge < -0.3 is 5.32 Å². The smallest absolute Gasteiger partial charge is 0.276 e. The Hall–Kier alpha value is -2.15. The van der Waals surface area contributed by atoms with Gasteiger partial charge in [-0.15, -0.1) is 0 Å². The molecule has 1 atom stereocenters. The lowest BCUT2D eigenvalue weighted by molar-refractivity contribution is 0.102. The number of nitrogens with one attached hydrogen (secondary N) is 1. The molecule has 7 heteroatoms. The van der Waals surface area contributed by atoms with Crippen LogP contribution < -0.4 is 5.32 Å². The number of rotatable bonds is 4. The summed E-state index contributed by atoms with van der Waals surface area (Å²) in [5.74, 6) is 0.119. The van der Waals surface area contributed by atoms with Crippen molar-refractivity contribution in [2.75, 3.05) is 16.8 Å². The molecule has 28 heavy (non-hydrogen) atoms. The van der Waals surface area contributed by atoms with E-state index in [1.165, 1.54) is 5.56 Å². The maximum absolute atomic E-state index is 12.7. The second-order valence-corrected chi connectivity index (χ2v) is 11.1. The van der Waals surface area contributed by atoms with E-state index in [-0.39, 0.29) is 34.8 Å². The van der Waals surface area contributed by atoms with E-state index in [4.69, 9.17) is 0 Å². The quantitative estimate of drug-likeness (QED) is 0.839. The number of hydrogen-bond acceptors (Lipinski definition) is 4. The third-order valence-electron chi connectivity index (χ3n) is 5.15. The summed E-state index contributed by atoms with van der Waals surface area (Å²) < 4.78 is 25.5.